The monoisotopic (exact) mass is 246 g/mol. The third-order valence-electron chi connectivity index (χ3n) is 2.62. The van der Waals surface area contributed by atoms with E-state index in [1.165, 1.54) is 10.5 Å². The number of nitrogens with two attached hydrogens (primary N) is 1. The van der Waals surface area contributed by atoms with Crippen LogP contribution in [0.3, 0.4) is 0 Å². The highest BCUT2D eigenvalue weighted by molar-refractivity contribution is 7.98. The lowest BCUT2D eigenvalue weighted by Crippen LogP contribution is -2.17. The maximum atomic E-state index is 11.2. The Morgan fingerprint density at radius 3 is 2.76 bits per heavy atom. The average molecular weight is 246 g/mol. The summed E-state index contributed by atoms with van der Waals surface area (Å²) >= 11 is 1.70. The molecule has 0 atom stereocenters. The lowest BCUT2D eigenvalue weighted by atomic mass is 10.2. The van der Waals surface area contributed by atoms with Crippen molar-refractivity contribution in [3.05, 3.63) is 53.9 Å². The molecule has 17 heavy (non-hydrogen) atoms. The van der Waals surface area contributed by atoms with Crippen LogP contribution in [0, 0.1) is 0 Å². The lowest BCUT2D eigenvalue weighted by molar-refractivity contribution is 0.0992. The summed E-state index contributed by atoms with van der Waals surface area (Å²) in [5.41, 5.74) is 7.05. The van der Waals surface area contributed by atoms with Crippen LogP contribution in [0.5, 0.6) is 0 Å². The van der Waals surface area contributed by atoms with Crippen LogP contribution in [0.25, 0.3) is 0 Å². The minimum atomic E-state index is -0.392. The van der Waals surface area contributed by atoms with Crippen molar-refractivity contribution in [2.75, 3.05) is 6.26 Å². The Labute approximate surface area is 105 Å². The second kappa shape index (κ2) is 5.10. The van der Waals surface area contributed by atoms with Gasteiger partial charge in [0.05, 0.1) is 0 Å². The molecule has 0 saturated carbocycles. The Kier molecular flexibility index (Phi) is 3.54. The van der Waals surface area contributed by atoms with E-state index in [9.17, 15) is 4.79 Å². The Bertz CT molecular complexity index is 534. The number of amides is 1. The predicted molar refractivity (Wildman–Crippen MR) is 70.3 cm³/mol. The van der Waals surface area contributed by atoms with Gasteiger partial charge in [-0.2, -0.15) is 0 Å². The van der Waals surface area contributed by atoms with Gasteiger partial charge in [-0.25, -0.2) is 0 Å². The summed E-state index contributed by atoms with van der Waals surface area (Å²) in [5, 5.41) is 0. The molecule has 1 heterocycles. The lowest BCUT2D eigenvalue weighted by Gasteiger charge is -2.10. The van der Waals surface area contributed by atoms with E-state index in [1.807, 2.05) is 35.2 Å². The summed E-state index contributed by atoms with van der Waals surface area (Å²) < 4.78 is 1.87. The van der Waals surface area contributed by atoms with E-state index in [0.717, 1.165) is 0 Å². The molecule has 3 nitrogen and oxygen atoms in total. The summed E-state index contributed by atoms with van der Waals surface area (Å²) in [7, 11) is 0. The van der Waals surface area contributed by atoms with Crippen LogP contribution in [0.2, 0.25) is 0 Å². The van der Waals surface area contributed by atoms with Crippen LogP contribution in [-0.2, 0) is 6.54 Å². The van der Waals surface area contributed by atoms with Crippen molar-refractivity contribution >= 4 is 17.7 Å². The zero-order valence-corrected chi connectivity index (χ0v) is 10.4. The first-order valence-corrected chi connectivity index (χ1v) is 6.51. The molecule has 2 rings (SSSR count). The zero-order chi connectivity index (χ0) is 12.3. The second-order valence-electron chi connectivity index (χ2n) is 3.70. The molecule has 0 radical (unpaired) electrons. The van der Waals surface area contributed by atoms with Crippen LogP contribution in [0.1, 0.15) is 16.1 Å². The first kappa shape index (κ1) is 11.8. The highest BCUT2D eigenvalue weighted by Gasteiger charge is 2.08. The third kappa shape index (κ3) is 2.53. The van der Waals surface area contributed by atoms with E-state index < -0.39 is 5.91 Å². The Morgan fingerprint density at radius 2 is 2.06 bits per heavy atom. The SMILES string of the molecule is CSc1ccccc1Cn1cccc1C(N)=O. The van der Waals surface area contributed by atoms with Gasteiger partial charge in [-0.15, -0.1) is 11.8 Å². The fraction of sp³-hybridized carbons (Fsp3) is 0.154. The number of benzene rings is 1. The molecule has 2 aromatic rings. The molecular weight excluding hydrogens is 232 g/mol. The van der Waals surface area contributed by atoms with Gasteiger partial charge >= 0.3 is 0 Å². The van der Waals surface area contributed by atoms with E-state index in [0.29, 0.717) is 12.2 Å². The van der Waals surface area contributed by atoms with E-state index in [1.54, 1.807) is 17.8 Å². The highest BCUT2D eigenvalue weighted by Crippen LogP contribution is 2.21. The van der Waals surface area contributed by atoms with E-state index in [-0.39, 0.29) is 0 Å². The fourth-order valence-electron chi connectivity index (χ4n) is 1.79. The Hall–Kier alpha value is -1.68. The number of hydrogen-bond donors (Lipinski definition) is 1. The molecule has 0 unspecified atom stereocenters. The van der Waals surface area contributed by atoms with Crippen molar-refractivity contribution in [1.29, 1.82) is 0 Å². The van der Waals surface area contributed by atoms with Gasteiger partial charge in [0, 0.05) is 17.6 Å². The molecule has 4 heteroatoms. The minimum Gasteiger partial charge on any atom is -0.364 e. The molecule has 88 valence electrons. The average Bonchev–Trinajstić information content (AvgIpc) is 2.78. The molecule has 0 saturated heterocycles. The van der Waals surface area contributed by atoms with Gasteiger partial charge in [-0.3, -0.25) is 4.79 Å². The van der Waals surface area contributed by atoms with Crippen molar-refractivity contribution in [3.63, 3.8) is 0 Å². The number of thioether (sulfide) groups is 1. The van der Waals surface area contributed by atoms with Crippen LogP contribution < -0.4 is 5.73 Å². The largest absolute Gasteiger partial charge is 0.364 e. The van der Waals surface area contributed by atoms with Crippen LogP contribution in [0.4, 0.5) is 0 Å². The minimum absolute atomic E-state index is 0.392. The summed E-state index contributed by atoms with van der Waals surface area (Å²) in [6.07, 6.45) is 3.92. The first-order chi connectivity index (χ1) is 8.22. The molecule has 2 N–H and O–H groups in total. The molecule has 0 bridgehead atoms. The molecule has 0 spiro atoms. The number of hydrogen-bond acceptors (Lipinski definition) is 2. The van der Waals surface area contributed by atoms with E-state index in [4.69, 9.17) is 5.73 Å². The van der Waals surface area contributed by atoms with Crippen LogP contribution in [-0.4, -0.2) is 16.7 Å². The number of aromatic nitrogens is 1. The molecular formula is C13H14N2OS. The molecule has 0 fully saturated rings. The number of nitrogens with zero attached hydrogens (tertiary/aromatic N) is 1. The molecule has 1 amide bonds. The second-order valence-corrected chi connectivity index (χ2v) is 4.55. The van der Waals surface area contributed by atoms with E-state index in [2.05, 4.69) is 12.1 Å². The van der Waals surface area contributed by atoms with Gasteiger partial charge < -0.3 is 10.3 Å². The predicted octanol–water partition coefficient (Wildman–Crippen LogP) is 2.36. The summed E-state index contributed by atoms with van der Waals surface area (Å²) in [4.78, 5) is 12.4. The normalized spacial score (nSPS) is 10.4. The topological polar surface area (TPSA) is 48.0 Å². The zero-order valence-electron chi connectivity index (χ0n) is 9.59. The molecule has 0 aliphatic rings. The maximum Gasteiger partial charge on any atom is 0.265 e. The van der Waals surface area contributed by atoms with Gasteiger partial charge in [-0.1, -0.05) is 18.2 Å². The van der Waals surface area contributed by atoms with Crippen molar-refractivity contribution in [3.8, 4) is 0 Å². The van der Waals surface area contributed by atoms with Gasteiger partial charge in [0.25, 0.3) is 5.91 Å². The third-order valence-corrected chi connectivity index (χ3v) is 3.45. The molecule has 0 aliphatic carbocycles. The number of primary amides is 1. The molecule has 0 aliphatic heterocycles. The van der Waals surface area contributed by atoms with Crippen molar-refractivity contribution < 1.29 is 4.79 Å². The standard InChI is InChI=1S/C13H14N2OS/c1-17-12-7-3-2-5-10(12)9-15-8-4-6-11(15)13(14)16/h2-8H,9H2,1H3,(H2,14,16). The van der Waals surface area contributed by atoms with Crippen molar-refractivity contribution in [2.24, 2.45) is 5.73 Å². The van der Waals surface area contributed by atoms with Crippen molar-refractivity contribution in [2.45, 2.75) is 11.4 Å². The number of rotatable bonds is 4. The van der Waals surface area contributed by atoms with Crippen LogP contribution in [0.15, 0.2) is 47.5 Å². The van der Waals surface area contributed by atoms with Gasteiger partial charge in [0.1, 0.15) is 5.69 Å². The number of carbonyl (C=O) groups is 1. The Morgan fingerprint density at radius 1 is 1.29 bits per heavy atom. The molecule has 1 aromatic heterocycles. The van der Waals surface area contributed by atoms with Crippen molar-refractivity contribution in [1.82, 2.24) is 4.57 Å². The van der Waals surface area contributed by atoms with E-state index >= 15 is 0 Å². The Balaban J connectivity index is 2.31. The molecule has 1 aromatic carbocycles. The van der Waals surface area contributed by atoms with Gasteiger partial charge in [-0.05, 0) is 30.0 Å². The van der Waals surface area contributed by atoms with Gasteiger partial charge in [0.15, 0.2) is 0 Å². The summed E-state index contributed by atoms with van der Waals surface area (Å²) in [6.45, 7) is 0.669. The summed E-state index contributed by atoms with van der Waals surface area (Å²) in [5.74, 6) is -0.392. The first-order valence-electron chi connectivity index (χ1n) is 5.29. The summed E-state index contributed by atoms with van der Waals surface area (Å²) in [6, 6.07) is 11.7. The van der Waals surface area contributed by atoms with Gasteiger partial charge in [0.2, 0.25) is 0 Å². The van der Waals surface area contributed by atoms with Crippen LogP contribution >= 0.6 is 11.8 Å². The smallest absolute Gasteiger partial charge is 0.265 e. The fourth-order valence-corrected chi connectivity index (χ4v) is 2.40. The maximum absolute atomic E-state index is 11.2. The quantitative estimate of drug-likeness (QED) is 0.842. The highest BCUT2D eigenvalue weighted by atomic mass is 32.2. The number of carbonyl (C=O) groups excluding carboxylic acids is 1.